The molecule has 28 heavy (non-hydrogen) atoms. The maximum atomic E-state index is 12.9. The lowest BCUT2D eigenvalue weighted by Gasteiger charge is -2.31. The summed E-state index contributed by atoms with van der Waals surface area (Å²) in [7, 11) is 0. The first-order chi connectivity index (χ1) is 13.7. The molecule has 0 spiro atoms. The summed E-state index contributed by atoms with van der Waals surface area (Å²) < 4.78 is 5.87. The maximum absolute atomic E-state index is 12.9. The van der Waals surface area contributed by atoms with Crippen LogP contribution < -0.4 is 15.0 Å². The second-order valence-electron chi connectivity index (χ2n) is 7.05. The molecule has 0 unspecified atom stereocenters. The fraction of sp³-hybridized carbons (Fsp3) is 0.391. The molecule has 0 atom stereocenters. The van der Waals surface area contributed by atoms with E-state index in [1.807, 2.05) is 35.2 Å². The predicted molar refractivity (Wildman–Crippen MR) is 118 cm³/mol. The number of carbonyl (C=O) groups is 1. The van der Waals surface area contributed by atoms with Crippen LogP contribution in [-0.2, 0) is 6.42 Å². The number of hydrogen-bond acceptors (Lipinski definition) is 3. The van der Waals surface area contributed by atoms with Gasteiger partial charge in [0, 0.05) is 12.2 Å². The first-order valence-corrected chi connectivity index (χ1v) is 10.5. The van der Waals surface area contributed by atoms with Crippen LogP contribution in [-0.4, -0.2) is 24.2 Å². The number of carbonyl (C=O) groups excluding carboxylic acids is 1. The Morgan fingerprint density at radius 3 is 2.75 bits per heavy atom. The van der Waals surface area contributed by atoms with Crippen molar-refractivity contribution in [3.05, 3.63) is 59.7 Å². The SMILES string of the molecule is CCCCCCOc1ccccc1C(=O)NC(=S)N1CCCc2ccccc21. The number of unbranched alkanes of at least 4 members (excludes halogenated alkanes) is 3. The smallest absolute Gasteiger partial charge is 0.261 e. The van der Waals surface area contributed by atoms with E-state index in [4.69, 9.17) is 17.0 Å². The third-order valence-electron chi connectivity index (χ3n) is 4.96. The van der Waals surface area contributed by atoms with Gasteiger partial charge < -0.3 is 9.64 Å². The van der Waals surface area contributed by atoms with Crippen LogP contribution in [0.4, 0.5) is 5.69 Å². The molecule has 0 bridgehead atoms. The van der Waals surface area contributed by atoms with Crippen LogP contribution in [0.25, 0.3) is 0 Å². The van der Waals surface area contributed by atoms with Crippen molar-refractivity contribution in [3.63, 3.8) is 0 Å². The zero-order chi connectivity index (χ0) is 19.8. The Labute approximate surface area is 172 Å². The van der Waals surface area contributed by atoms with Crippen LogP contribution in [0.3, 0.4) is 0 Å². The van der Waals surface area contributed by atoms with E-state index >= 15 is 0 Å². The molecule has 148 valence electrons. The van der Waals surface area contributed by atoms with Crippen molar-refractivity contribution in [2.24, 2.45) is 0 Å². The molecule has 1 amide bonds. The number of thiocarbonyl (C=S) groups is 1. The zero-order valence-corrected chi connectivity index (χ0v) is 17.3. The standard InChI is InChI=1S/C23H28N2O2S/c1-2-3-4-9-17-27-21-15-8-6-13-19(21)22(26)24-23(28)25-16-10-12-18-11-5-7-14-20(18)25/h5-8,11,13-15H,2-4,9-10,12,16-17H2,1H3,(H,24,26,28). The number of amides is 1. The molecular formula is C23H28N2O2S. The van der Waals surface area contributed by atoms with Gasteiger partial charge in [-0.1, -0.05) is 56.5 Å². The highest BCUT2D eigenvalue weighted by molar-refractivity contribution is 7.80. The molecule has 4 nitrogen and oxygen atoms in total. The lowest BCUT2D eigenvalue weighted by molar-refractivity contribution is 0.0973. The van der Waals surface area contributed by atoms with Gasteiger partial charge in [-0.2, -0.15) is 0 Å². The largest absolute Gasteiger partial charge is 0.493 e. The van der Waals surface area contributed by atoms with Crippen LogP contribution >= 0.6 is 12.2 Å². The van der Waals surface area contributed by atoms with Gasteiger partial charge in [-0.05, 0) is 55.2 Å². The van der Waals surface area contributed by atoms with Gasteiger partial charge in [-0.25, -0.2) is 0 Å². The minimum Gasteiger partial charge on any atom is -0.493 e. The Morgan fingerprint density at radius 2 is 1.89 bits per heavy atom. The molecular weight excluding hydrogens is 368 g/mol. The van der Waals surface area contributed by atoms with Gasteiger partial charge in [0.1, 0.15) is 5.75 Å². The molecule has 1 aliphatic heterocycles. The monoisotopic (exact) mass is 396 g/mol. The first kappa shape index (κ1) is 20.3. The van der Waals surface area contributed by atoms with Gasteiger partial charge >= 0.3 is 0 Å². The number of benzene rings is 2. The van der Waals surface area contributed by atoms with E-state index in [-0.39, 0.29) is 5.91 Å². The molecule has 3 rings (SSSR count). The molecule has 0 aliphatic carbocycles. The van der Waals surface area contributed by atoms with Gasteiger partial charge in [-0.3, -0.25) is 10.1 Å². The fourth-order valence-corrected chi connectivity index (χ4v) is 3.75. The Hall–Kier alpha value is -2.40. The number of hydrogen-bond donors (Lipinski definition) is 1. The molecule has 1 aliphatic rings. The van der Waals surface area contributed by atoms with Gasteiger partial charge in [0.05, 0.1) is 12.2 Å². The summed E-state index contributed by atoms with van der Waals surface area (Å²) >= 11 is 5.56. The summed E-state index contributed by atoms with van der Waals surface area (Å²) in [6.45, 7) is 3.62. The Balaban J connectivity index is 1.64. The summed E-state index contributed by atoms with van der Waals surface area (Å²) in [5.41, 5.74) is 2.87. The van der Waals surface area contributed by atoms with E-state index in [2.05, 4.69) is 24.4 Å². The van der Waals surface area contributed by atoms with Gasteiger partial charge in [-0.15, -0.1) is 0 Å². The number of anilines is 1. The Morgan fingerprint density at radius 1 is 1.11 bits per heavy atom. The van der Waals surface area contributed by atoms with E-state index in [0.29, 0.717) is 23.0 Å². The number of aryl methyl sites for hydroxylation is 1. The quantitative estimate of drug-likeness (QED) is 0.521. The van der Waals surface area contributed by atoms with E-state index < -0.39 is 0 Å². The summed E-state index contributed by atoms with van der Waals surface area (Å²) in [6, 6.07) is 15.6. The van der Waals surface area contributed by atoms with E-state index in [9.17, 15) is 4.79 Å². The lowest BCUT2D eigenvalue weighted by atomic mass is 10.0. The van der Waals surface area contributed by atoms with Crippen molar-refractivity contribution in [2.75, 3.05) is 18.1 Å². The minimum absolute atomic E-state index is 0.225. The van der Waals surface area contributed by atoms with Gasteiger partial charge in [0.15, 0.2) is 5.11 Å². The second-order valence-corrected chi connectivity index (χ2v) is 7.44. The second kappa shape index (κ2) is 10.2. The number of ether oxygens (including phenoxy) is 1. The summed E-state index contributed by atoms with van der Waals surface area (Å²) in [5, 5.41) is 3.34. The summed E-state index contributed by atoms with van der Waals surface area (Å²) in [4.78, 5) is 14.9. The Kier molecular flexibility index (Phi) is 7.43. The molecule has 2 aromatic carbocycles. The Bertz CT molecular complexity index is 822. The molecule has 2 aromatic rings. The maximum Gasteiger partial charge on any atom is 0.261 e. The average Bonchev–Trinajstić information content (AvgIpc) is 2.73. The number of nitrogens with one attached hydrogen (secondary N) is 1. The molecule has 0 radical (unpaired) electrons. The van der Waals surface area contributed by atoms with Crippen molar-refractivity contribution < 1.29 is 9.53 Å². The number of nitrogens with zero attached hydrogens (tertiary/aromatic N) is 1. The highest BCUT2D eigenvalue weighted by Gasteiger charge is 2.22. The van der Waals surface area contributed by atoms with Crippen molar-refractivity contribution in [2.45, 2.75) is 45.4 Å². The third kappa shape index (κ3) is 5.10. The van der Waals surface area contributed by atoms with Crippen LogP contribution in [0.5, 0.6) is 5.75 Å². The number of para-hydroxylation sites is 2. The van der Waals surface area contributed by atoms with Crippen LogP contribution in [0.2, 0.25) is 0 Å². The van der Waals surface area contributed by atoms with E-state index in [1.54, 1.807) is 6.07 Å². The number of rotatable bonds is 7. The topological polar surface area (TPSA) is 41.6 Å². The molecule has 0 saturated heterocycles. The zero-order valence-electron chi connectivity index (χ0n) is 16.4. The van der Waals surface area contributed by atoms with Crippen LogP contribution in [0, 0.1) is 0 Å². The fourth-order valence-electron chi connectivity index (χ4n) is 3.47. The molecule has 0 fully saturated rings. The molecule has 5 heteroatoms. The highest BCUT2D eigenvalue weighted by atomic mass is 32.1. The van der Waals surface area contributed by atoms with Crippen molar-refractivity contribution >= 4 is 28.9 Å². The van der Waals surface area contributed by atoms with Crippen LogP contribution in [0.15, 0.2) is 48.5 Å². The van der Waals surface area contributed by atoms with Crippen molar-refractivity contribution in [1.29, 1.82) is 0 Å². The first-order valence-electron chi connectivity index (χ1n) is 10.1. The normalized spacial score (nSPS) is 13.0. The van der Waals surface area contributed by atoms with Crippen molar-refractivity contribution in [1.82, 2.24) is 5.32 Å². The van der Waals surface area contributed by atoms with Crippen LogP contribution in [0.1, 0.15) is 54.9 Å². The van der Waals surface area contributed by atoms with E-state index in [0.717, 1.165) is 37.9 Å². The highest BCUT2D eigenvalue weighted by Crippen LogP contribution is 2.27. The summed E-state index contributed by atoms with van der Waals surface area (Å²) in [5.74, 6) is 0.385. The molecule has 1 heterocycles. The summed E-state index contributed by atoms with van der Waals surface area (Å²) in [6.07, 6.45) is 6.59. The van der Waals surface area contributed by atoms with Gasteiger partial charge in [0.25, 0.3) is 5.91 Å². The van der Waals surface area contributed by atoms with E-state index in [1.165, 1.54) is 18.4 Å². The molecule has 0 saturated carbocycles. The average molecular weight is 397 g/mol. The lowest BCUT2D eigenvalue weighted by Crippen LogP contribution is -2.45. The third-order valence-corrected chi connectivity index (χ3v) is 5.29. The number of fused-ring (bicyclic) bond motifs is 1. The molecule has 0 aromatic heterocycles. The van der Waals surface area contributed by atoms with Crippen molar-refractivity contribution in [3.8, 4) is 5.75 Å². The molecule has 1 N–H and O–H groups in total. The predicted octanol–water partition coefficient (Wildman–Crippen LogP) is 5.11. The van der Waals surface area contributed by atoms with Gasteiger partial charge in [0.2, 0.25) is 0 Å². The minimum atomic E-state index is -0.225.